The molecule has 0 aromatic heterocycles. The van der Waals surface area contributed by atoms with E-state index in [1.165, 1.54) is 17.4 Å². The fourth-order valence-electron chi connectivity index (χ4n) is 1.01. The van der Waals surface area contributed by atoms with Crippen LogP contribution >= 0.6 is 0 Å². The van der Waals surface area contributed by atoms with Crippen LogP contribution < -0.4 is 12.4 Å². The van der Waals surface area contributed by atoms with Crippen LogP contribution in [0.15, 0.2) is 0 Å². The van der Waals surface area contributed by atoms with E-state index in [1.807, 2.05) is 0 Å². The van der Waals surface area contributed by atoms with Gasteiger partial charge in [-0.3, -0.25) is 0 Å². The van der Waals surface area contributed by atoms with Gasteiger partial charge in [0.05, 0.1) is 0 Å². The third kappa shape index (κ3) is 2.67. The fourth-order valence-corrected chi connectivity index (χ4v) is 2.22. The van der Waals surface area contributed by atoms with Gasteiger partial charge in [0.25, 0.3) is 0 Å². The molecular formula is C5H9ClZn. The van der Waals surface area contributed by atoms with Crippen LogP contribution in [0.5, 0.6) is 0 Å². The second-order valence-corrected chi connectivity index (χ2v) is 4.57. The van der Waals surface area contributed by atoms with E-state index in [1.54, 1.807) is 31.1 Å². The van der Waals surface area contributed by atoms with Crippen LogP contribution in [0.25, 0.3) is 0 Å². The standard InChI is InChI=1S/C5H9.ClH.Zn/c1-2-4-5-3-1;;/h1H,2-5H2;1H;/q;;+1/p-1. The Morgan fingerprint density at radius 2 is 1.57 bits per heavy atom. The van der Waals surface area contributed by atoms with Crippen LogP contribution in [0.3, 0.4) is 0 Å². The van der Waals surface area contributed by atoms with E-state index in [4.69, 9.17) is 0 Å². The summed E-state index contributed by atoms with van der Waals surface area (Å²) in [5.41, 5.74) is 0. The third-order valence-corrected chi connectivity index (χ3v) is 3.19. The molecule has 38 valence electrons. The summed E-state index contributed by atoms with van der Waals surface area (Å²) in [5.74, 6) is 0. The number of halogens is 1. The summed E-state index contributed by atoms with van der Waals surface area (Å²) >= 11 is 1.54. The average molecular weight is 170 g/mol. The maximum atomic E-state index is 1.54. The molecule has 1 saturated carbocycles. The van der Waals surface area contributed by atoms with Gasteiger partial charge in [-0.1, -0.05) is 0 Å². The van der Waals surface area contributed by atoms with Gasteiger partial charge in [-0.05, 0) is 0 Å². The van der Waals surface area contributed by atoms with Gasteiger partial charge >= 0.3 is 48.5 Å². The molecular weight excluding hydrogens is 161 g/mol. The van der Waals surface area contributed by atoms with Crippen LogP contribution in [0.1, 0.15) is 25.7 Å². The van der Waals surface area contributed by atoms with Crippen LogP contribution in [-0.2, 0) is 18.3 Å². The minimum atomic E-state index is 0. The molecule has 0 radical (unpaired) electrons. The summed E-state index contributed by atoms with van der Waals surface area (Å²) < 4.78 is 1.17. The van der Waals surface area contributed by atoms with E-state index >= 15 is 0 Å². The van der Waals surface area contributed by atoms with Crippen molar-refractivity contribution in [2.45, 2.75) is 30.2 Å². The van der Waals surface area contributed by atoms with E-state index < -0.39 is 0 Å². The maximum absolute atomic E-state index is 1.54. The number of hydrogen-bond donors (Lipinski definition) is 0. The first kappa shape index (κ1) is 7.91. The second kappa shape index (κ2) is 3.86. The molecule has 0 nitrogen and oxygen atoms in total. The van der Waals surface area contributed by atoms with Gasteiger partial charge < -0.3 is 12.4 Å². The summed E-state index contributed by atoms with van der Waals surface area (Å²) in [6.07, 6.45) is 6.12. The van der Waals surface area contributed by atoms with E-state index in [-0.39, 0.29) is 12.4 Å². The monoisotopic (exact) mass is 168 g/mol. The van der Waals surface area contributed by atoms with Gasteiger partial charge in [0.2, 0.25) is 0 Å². The molecule has 0 atom stereocenters. The zero-order chi connectivity index (χ0) is 4.41. The molecule has 0 bridgehead atoms. The molecule has 0 amide bonds. The van der Waals surface area contributed by atoms with Crippen molar-refractivity contribution in [2.24, 2.45) is 0 Å². The van der Waals surface area contributed by atoms with Crippen LogP contribution in [0.2, 0.25) is 4.51 Å². The number of rotatable bonds is 0. The van der Waals surface area contributed by atoms with Crippen molar-refractivity contribution in [1.82, 2.24) is 0 Å². The quantitative estimate of drug-likeness (QED) is 0.405. The molecule has 7 heavy (non-hydrogen) atoms. The zero-order valence-electron chi connectivity index (χ0n) is 4.49. The van der Waals surface area contributed by atoms with Crippen molar-refractivity contribution in [2.75, 3.05) is 0 Å². The molecule has 1 aliphatic carbocycles. The zero-order valence-corrected chi connectivity index (χ0v) is 8.21. The molecule has 2 heteroatoms. The summed E-state index contributed by atoms with van der Waals surface area (Å²) in [6.45, 7) is 0. The van der Waals surface area contributed by atoms with Crippen molar-refractivity contribution in [3.05, 3.63) is 0 Å². The predicted octanol–water partition coefficient (Wildman–Crippen LogP) is -1.10. The molecule has 0 aromatic rings. The predicted molar refractivity (Wildman–Crippen MR) is 22.2 cm³/mol. The Bertz CT molecular complexity index is 41.3. The van der Waals surface area contributed by atoms with Crippen molar-refractivity contribution in [1.29, 1.82) is 0 Å². The summed E-state index contributed by atoms with van der Waals surface area (Å²) in [7, 11) is 0. The van der Waals surface area contributed by atoms with Crippen molar-refractivity contribution in [3.8, 4) is 0 Å². The summed E-state index contributed by atoms with van der Waals surface area (Å²) in [6, 6.07) is 0. The summed E-state index contributed by atoms with van der Waals surface area (Å²) in [4.78, 5) is 0. The van der Waals surface area contributed by atoms with Crippen molar-refractivity contribution in [3.63, 3.8) is 0 Å². The van der Waals surface area contributed by atoms with Gasteiger partial charge in [-0.15, -0.1) is 0 Å². The fraction of sp³-hybridized carbons (Fsp3) is 1.00. The van der Waals surface area contributed by atoms with Gasteiger partial charge in [0.15, 0.2) is 0 Å². The second-order valence-electron chi connectivity index (χ2n) is 2.15. The van der Waals surface area contributed by atoms with E-state index in [0.717, 1.165) is 0 Å². The Balaban J connectivity index is 0.000000360. The van der Waals surface area contributed by atoms with Crippen molar-refractivity contribution >= 4 is 0 Å². The first-order valence-corrected chi connectivity index (χ1v) is 4.44. The molecule has 0 spiro atoms. The molecule has 0 heterocycles. The van der Waals surface area contributed by atoms with Gasteiger partial charge in [0, 0.05) is 0 Å². The normalized spacial score (nSPS) is 22.0. The van der Waals surface area contributed by atoms with Crippen LogP contribution in [0, 0.1) is 0 Å². The molecule has 1 aliphatic rings. The average Bonchev–Trinajstić information content (AvgIpc) is 1.86. The van der Waals surface area contributed by atoms with E-state index in [9.17, 15) is 0 Å². The Morgan fingerprint density at radius 1 is 1.14 bits per heavy atom. The topological polar surface area (TPSA) is 0 Å². The van der Waals surface area contributed by atoms with Gasteiger partial charge in [-0.2, -0.15) is 0 Å². The minimum absolute atomic E-state index is 0. The van der Waals surface area contributed by atoms with Crippen LogP contribution in [0.4, 0.5) is 0 Å². The van der Waals surface area contributed by atoms with Crippen molar-refractivity contribution < 1.29 is 30.7 Å². The molecule has 1 rings (SSSR count). The SMILES string of the molecule is [Cl-].[Zn+][CH]1CCCC1. The van der Waals surface area contributed by atoms with E-state index in [0.29, 0.717) is 0 Å². The molecule has 1 fully saturated rings. The number of hydrogen-bond acceptors (Lipinski definition) is 0. The first-order valence-electron chi connectivity index (χ1n) is 2.72. The Labute approximate surface area is 61.1 Å². The van der Waals surface area contributed by atoms with Crippen LogP contribution in [-0.4, -0.2) is 0 Å². The van der Waals surface area contributed by atoms with Gasteiger partial charge in [0.1, 0.15) is 0 Å². The summed E-state index contributed by atoms with van der Waals surface area (Å²) in [5, 5.41) is 0. The molecule has 0 unspecified atom stereocenters. The van der Waals surface area contributed by atoms with E-state index in [2.05, 4.69) is 0 Å². The Kier molecular flexibility index (Phi) is 4.36. The Hall–Kier alpha value is 0.913. The Morgan fingerprint density at radius 3 is 1.71 bits per heavy atom. The molecule has 0 aromatic carbocycles. The first-order chi connectivity index (χ1) is 2.89. The molecule has 0 saturated heterocycles. The molecule has 0 N–H and O–H groups in total. The van der Waals surface area contributed by atoms with Gasteiger partial charge in [-0.25, -0.2) is 0 Å². The molecule has 0 aliphatic heterocycles. The third-order valence-electron chi connectivity index (χ3n) is 1.47.